The predicted molar refractivity (Wildman–Crippen MR) is 106 cm³/mol. The first-order valence-electron chi connectivity index (χ1n) is 8.73. The molecule has 3 aromatic rings. The van der Waals surface area contributed by atoms with Gasteiger partial charge >= 0.3 is 0 Å². The summed E-state index contributed by atoms with van der Waals surface area (Å²) in [5.74, 6) is 0.893. The van der Waals surface area contributed by atoms with Crippen molar-refractivity contribution in [2.75, 3.05) is 19.4 Å². The van der Waals surface area contributed by atoms with Crippen LogP contribution in [-0.2, 0) is 4.79 Å². The number of benzene rings is 2. The molecule has 1 aromatic heterocycles. The molecule has 4 rings (SSSR count). The molecule has 1 aliphatic heterocycles. The number of nitrogens with zero attached hydrogens (tertiary/aromatic N) is 6. The SMILES string of the molecule is COc1ccc(-n2nnnc2SCC(=O)N2CCC(c3ccccc3)=N2)cc1. The van der Waals surface area contributed by atoms with Gasteiger partial charge < -0.3 is 4.74 Å². The molecule has 0 fully saturated rings. The van der Waals surface area contributed by atoms with Gasteiger partial charge in [0, 0.05) is 6.42 Å². The van der Waals surface area contributed by atoms with Crippen LogP contribution in [0.1, 0.15) is 12.0 Å². The van der Waals surface area contributed by atoms with Crippen LogP contribution in [0.5, 0.6) is 5.75 Å². The van der Waals surface area contributed by atoms with E-state index in [1.807, 2.05) is 54.6 Å². The monoisotopic (exact) mass is 394 g/mol. The highest BCUT2D eigenvalue weighted by molar-refractivity contribution is 7.99. The number of hydrazone groups is 1. The number of hydrogen-bond donors (Lipinski definition) is 0. The number of rotatable bonds is 6. The second-order valence-corrected chi connectivity index (χ2v) is 6.98. The zero-order chi connectivity index (χ0) is 19.3. The Morgan fingerprint density at radius 3 is 2.68 bits per heavy atom. The van der Waals surface area contributed by atoms with E-state index >= 15 is 0 Å². The van der Waals surface area contributed by atoms with Crippen molar-refractivity contribution < 1.29 is 9.53 Å². The van der Waals surface area contributed by atoms with Crippen molar-refractivity contribution in [2.24, 2.45) is 5.10 Å². The lowest BCUT2D eigenvalue weighted by atomic mass is 10.1. The number of amides is 1. The van der Waals surface area contributed by atoms with Crippen molar-refractivity contribution in [3.05, 3.63) is 60.2 Å². The van der Waals surface area contributed by atoms with Gasteiger partial charge in [0.1, 0.15) is 5.75 Å². The topological polar surface area (TPSA) is 85.5 Å². The molecule has 8 nitrogen and oxygen atoms in total. The van der Waals surface area contributed by atoms with Crippen molar-refractivity contribution in [3.8, 4) is 11.4 Å². The van der Waals surface area contributed by atoms with Crippen LogP contribution in [0.3, 0.4) is 0 Å². The van der Waals surface area contributed by atoms with Crippen LogP contribution in [-0.4, -0.2) is 56.2 Å². The fourth-order valence-electron chi connectivity index (χ4n) is 2.83. The van der Waals surface area contributed by atoms with E-state index in [0.29, 0.717) is 11.7 Å². The lowest BCUT2D eigenvalue weighted by Crippen LogP contribution is -2.25. The number of carbonyl (C=O) groups is 1. The largest absolute Gasteiger partial charge is 0.497 e. The number of methoxy groups -OCH3 is 1. The first kappa shape index (κ1) is 18.2. The second kappa shape index (κ2) is 8.22. The van der Waals surface area contributed by atoms with Crippen LogP contribution in [0.15, 0.2) is 64.9 Å². The van der Waals surface area contributed by atoms with Crippen molar-refractivity contribution in [1.29, 1.82) is 0 Å². The number of carbonyl (C=O) groups excluding carboxylic acids is 1. The summed E-state index contributed by atoms with van der Waals surface area (Å²) in [5, 5.41) is 18.3. The molecule has 1 amide bonds. The molecule has 142 valence electrons. The number of ether oxygens (including phenoxy) is 1. The van der Waals surface area contributed by atoms with Gasteiger partial charge in [-0.1, -0.05) is 42.1 Å². The lowest BCUT2D eigenvalue weighted by Gasteiger charge is -2.10. The van der Waals surface area contributed by atoms with Crippen LogP contribution >= 0.6 is 11.8 Å². The van der Waals surface area contributed by atoms with Crippen molar-refractivity contribution in [3.63, 3.8) is 0 Å². The minimum absolute atomic E-state index is 0.0692. The molecule has 2 heterocycles. The van der Waals surface area contributed by atoms with E-state index in [9.17, 15) is 4.79 Å². The maximum Gasteiger partial charge on any atom is 0.253 e. The average Bonchev–Trinajstić information content (AvgIpc) is 3.43. The Labute approximate surface area is 166 Å². The van der Waals surface area contributed by atoms with E-state index in [-0.39, 0.29) is 11.7 Å². The van der Waals surface area contributed by atoms with Crippen LogP contribution < -0.4 is 4.74 Å². The van der Waals surface area contributed by atoms with Crippen molar-refractivity contribution in [2.45, 2.75) is 11.6 Å². The molecule has 0 saturated heterocycles. The summed E-state index contributed by atoms with van der Waals surface area (Å²) in [7, 11) is 1.61. The van der Waals surface area contributed by atoms with Gasteiger partial charge in [-0.2, -0.15) is 9.78 Å². The van der Waals surface area contributed by atoms with E-state index in [1.165, 1.54) is 16.8 Å². The molecule has 9 heteroatoms. The van der Waals surface area contributed by atoms with Crippen molar-refractivity contribution in [1.82, 2.24) is 25.2 Å². The summed E-state index contributed by atoms with van der Waals surface area (Å²) < 4.78 is 6.76. The summed E-state index contributed by atoms with van der Waals surface area (Å²) in [6.45, 7) is 0.590. The highest BCUT2D eigenvalue weighted by atomic mass is 32.2. The molecule has 0 spiro atoms. The highest BCUT2D eigenvalue weighted by Crippen LogP contribution is 2.22. The molecule has 28 heavy (non-hydrogen) atoms. The van der Waals surface area contributed by atoms with Gasteiger partial charge in [-0.3, -0.25) is 4.79 Å². The van der Waals surface area contributed by atoms with Crippen LogP contribution in [0.2, 0.25) is 0 Å². The third-order valence-corrected chi connectivity index (χ3v) is 5.18. The Bertz CT molecular complexity index is 987. The second-order valence-electron chi connectivity index (χ2n) is 6.04. The van der Waals surface area contributed by atoms with Gasteiger partial charge in [0.2, 0.25) is 5.16 Å². The Morgan fingerprint density at radius 1 is 1.14 bits per heavy atom. The van der Waals surface area contributed by atoms with Crippen LogP contribution in [0.25, 0.3) is 5.69 Å². The Hall–Kier alpha value is -3.20. The summed E-state index contributed by atoms with van der Waals surface area (Å²) in [4.78, 5) is 12.6. The minimum atomic E-state index is -0.0692. The number of aromatic nitrogens is 4. The molecule has 1 aliphatic rings. The first-order valence-corrected chi connectivity index (χ1v) is 9.72. The summed E-state index contributed by atoms with van der Waals surface area (Å²) >= 11 is 1.29. The van der Waals surface area contributed by atoms with E-state index in [1.54, 1.807) is 11.8 Å². The maximum absolute atomic E-state index is 12.6. The molecule has 0 unspecified atom stereocenters. The van der Waals surface area contributed by atoms with Crippen molar-refractivity contribution >= 4 is 23.4 Å². The Balaban J connectivity index is 1.41. The summed E-state index contributed by atoms with van der Waals surface area (Å²) in [5.41, 5.74) is 2.78. The third-order valence-electron chi connectivity index (χ3n) is 4.28. The Morgan fingerprint density at radius 2 is 1.93 bits per heavy atom. The highest BCUT2D eigenvalue weighted by Gasteiger charge is 2.22. The molecule has 0 saturated carbocycles. The molecule has 0 N–H and O–H groups in total. The summed E-state index contributed by atoms with van der Waals surface area (Å²) in [6.07, 6.45) is 0.754. The van der Waals surface area contributed by atoms with Gasteiger partial charge in [0.05, 0.1) is 30.8 Å². The van der Waals surface area contributed by atoms with Gasteiger partial charge in [-0.15, -0.1) is 5.10 Å². The number of tetrazole rings is 1. The normalized spacial score (nSPS) is 13.5. The minimum Gasteiger partial charge on any atom is -0.497 e. The van der Waals surface area contributed by atoms with Crippen LogP contribution in [0, 0.1) is 0 Å². The fourth-order valence-corrected chi connectivity index (χ4v) is 3.59. The molecule has 0 bridgehead atoms. The van der Waals surface area contributed by atoms with E-state index in [4.69, 9.17) is 4.74 Å². The van der Waals surface area contributed by atoms with E-state index in [2.05, 4.69) is 20.6 Å². The van der Waals surface area contributed by atoms with Gasteiger partial charge in [-0.25, -0.2) is 5.01 Å². The molecule has 2 aromatic carbocycles. The molecular weight excluding hydrogens is 376 g/mol. The van der Waals surface area contributed by atoms with E-state index < -0.39 is 0 Å². The summed E-state index contributed by atoms with van der Waals surface area (Å²) in [6, 6.07) is 17.3. The zero-order valence-corrected chi connectivity index (χ0v) is 16.0. The third kappa shape index (κ3) is 3.89. The predicted octanol–water partition coefficient (Wildman–Crippen LogP) is 2.40. The molecule has 0 atom stereocenters. The smallest absolute Gasteiger partial charge is 0.253 e. The number of thioether (sulfide) groups is 1. The molecular formula is C19H18N6O2S. The van der Waals surface area contributed by atoms with Crippen LogP contribution in [0.4, 0.5) is 0 Å². The quantitative estimate of drug-likeness (QED) is 0.597. The molecule has 0 aliphatic carbocycles. The molecule has 0 radical (unpaired) electrons. The fraction of sp³-hybridized carbons (Fsp3) is 0.211. The standard InChI is InChI=1S/C19H18N6O2S/c1-27-16-9-7-15(8-10-16)25-19(20-22-23-25)28-13-18(26)24-12-11-17(21-24)14-5-3-2-4-6-14/h2-10H,11-13H2,1H3. The zero-order valence-electron chi connectivity index (χ0n) is 15.2. The van der Waals surface area contributed by atoms with E-state index in [0.717, 1.165) is 29.1 Å². The number of hydrogen-bond acceptors (Lipinski definition) is 7. The Kier molecular flexibility index (Phi) is 5.34. The van der Waals surface area contributed by atoms with Gasteiger partial charge in [0.15, 0.2) is 0 Å². The lowest BCUT2D eigenvalue weighted by molar-refractivity contribution is -0.127. The van der Waals surface area contributed by atoms with Gasteiger partial charge in [-0.05, 0) is 40.3 Å². The van der Waals surface area contributed by atoms with Gasteiger partial charge in [0.25, 0.3) is 5.91 Å². The first-order chi connectivity index (χ1) is 13.7. The maximum atomic E-state index is 12.6. The average molecular weight is 394 g/mol.